The minimum absolute atomic E-state index is 0.203. The van der Waals surface area contributed by atoms with Crippen LogP contribution in [-0.2, 0) is 11.4 Å². The van der Waals surface area contributed by atoms with Crippen molar-refractivity contribution in [3.05, 3.63) is 71.4 Å². The van der Waals surface area contributed by atoms with Crippen molar-refractivity contribution in [1.29, 1.82) is 0 Å². The van der Waals surface area contributed by atoms with Crippen LogP contribution in [0.25, 0.3) is 0 Å². The molecule has 0 bridgehead atoms. The molecule has 1 aliphatic heterocycles. The Balaban J connectivity index is 0.000000448. The molecule has 0 aliphatic carbocycles. The van der Waals surface area contributed by atoms with Crippen LogP contribution in [-0.4, -0.2) is 31.8 Å². The number of imidazole rings is 1. The second kappa shape index (κ2) is 9.53. The number of rotatable bonds is 5. The number of benzene rings is 1. The maximum absolute atomic E-state index is 13.6. The lowest BCUT2D eigenvalue weighted by Gasteiger charge is -2.12. The van der Waals surface area contributed by atoms with Crippen molar-refractivity contribution in [2.45, 2.75) is 43.2 Å². The van der Waals surface area contributed by atoms with E-state index >= 15 is 0 Å². The smallest absolute Gasteiger partial charge is 0.322 e. The molecule has 3 heterocycles. The van der Waals surface area contributed by atoms with Crippen molar-refractivity contribution >= 4 is 29.2 Å². The molecular formula is C21H22F2N4OS2. The maximum atomic E-state index is 13.6. The summed E-state index contributed by atoms with van der Waals surface area (Å²) in [5.41, 5.74) is 1.97. The SMILES string of the molecule is CN1OC1=S.Cc1nc(C(C)C)c(Sc2cc(F)cc(F)c2)n1Cc1cccnc1. The van der Waals surface area contributed by atoms with E-state index in [2.05, 4.69) is 45.4 Å². The normalized spacial score (nSPS) is 12.5. The fourth-order valence-corrected chi connectivity index (χ4v) is 4.08. The van der Waals surface area contributed by atoms with Crippen LogP contribution in [0.5, 0.6) is 0 Å². The Morgan fingerprint density at radius 2 is 1.83 bits per heavy atom. The molecule has 1 aromatic carbocycles. The molecule has 0 atom stereocenters. The largest absolute Gasteiger partial charge is 0.342 e. The van der Waals surface area contributed by atoms with Crippen LogP contribution in [0.2, 0.25) is 0 Å². The van der Waals surface area contributed by atoms with E-state index in [0.717, 1.165) is 28.2 Å². The average Bonchev–Trinajstić information content (AvgIpc) is 3.24. The molecule has 30 heavy (non-hydrogen) atoms. The number of halogens is 2. The van der Waals surface area contributed by atoms with Crippen LogP contribution in [0.1, 0.15) is 36.8 Å². The molecular weight excluding hydrogens is 426 g/mol. The van der Waals surface area contributed by atoms with Gasteiger partial charge in [-0.15, -0.1) is 0 Å². The van der Waals surface area contributed by atoms with Crippen LogP contribution < -0.4 is 0 Å². The number of hydrogen-bond acceptors (Lipinski definition) is 5. The van der Waals surface area contributed by atoms with E-state index in [1.54, 1.807) is 13.2 Å². The Kier molecular flexibility index (Phi) is 7.04. The zero-order chi connectivity index (χ0) is 21.8. The summed E-state index contributed by atoms with van der Waals surface area (Å²) >= 11 is 5.81. The number of aromatic nitrogens is 3. The summed E-state index contributed by atoms with van der Waals surface area (Å²) in [5, 5.41) is 3.02. The van der Waals surface area contributed by atoms with Crippen LogP contribution in [0.4, 0.5) is 8.78 Å². The van der Waals surface area contributed by atoms with E-state index in [-0.39, 0.29) is 5.92 Å². The zero-order valence-electron chi connectivity index (χ0n) is 17.1. The molecule has 1 saturated heterocycles. The second-order valence-electron chi connectivity index (χ2n) is 7.01. The first-order valence-corrected chi connectivity index (χ1v) is 10.5. The van der Waals surface area contributed by atoms with Crippen LogP contribution in [0.15, 0.2) is 52.6 Å². The van der Waals surface area contributed by atoms with Gasteiger partial charge in [0, 0.05) is 30.4 Å². The molecule has 4 rings (SSSR count). The van der Waals surface area contributed by atoms with Gasteiger partial charge in [0.1, 0.15) is 22.5 Å². The molecule has 3 aromatic rings. The molecule has 0 N–H and O–H groups in total. The Hall–Kier alpha value is -2.52. The van der Waals surface area contributed by atoms with Gasteiger partial charge in [-0.3, -0.25) is 4.98 Å². The number of hydrogen-bond donors (Lipinski definition) is 0. The fourth-order valence-electron chi connectivity index (χ4n) is 2.71. The third kappa shape index (κ3) is 5.76. The van der Waals surface area contributed by atoms with Crippen molar-refractivity contribution in [3.8, 4) is 0 Å². The number of pyridine rings is 1. The predicted octanol–water partition coefficient (Wildman–Crippen LogP) is 5.34. The highest BCUT2D eigenvalue weighted by atomic mass is 32.2. The predicted molar refractivity (Wildman–Crippen MR) is 116 cm³/mol. The van der Waals surface area contributed by atoms with Crippen LogP contribution in [0.3, 0.4) is 0 Å². The van der Waals surface area contributed by atoms with Gasteiger partial charge in [0.15, 0.2) is 0 Å². The Bertz CT molecular complexity index is 1020. The molecule has 158 valence electrons. The van der Waals surface area contributed by atoms with Gasteiger partial charge in [0.2, 0.25) is 0 Å². The van der Waals surface area contributed by atoms with Gasteiger partial charge in [-0.1, -0.05) is 31.7 Å². The number of aryl methyl sites for hydroxylation is 1. The lowest BCUT2D eigenvalue weighted by molar-refractivity contribution is 0.243. The zero-order valence-corrected chi connectivity index (χ0v) is 18.7. The van der Waals surface area contributed by atoms with Gasteiger partial charge in [-0.25, -0.2) is 13.8 Å². The van der Waals surface area contributed by atoms with E-state index in [1.807, 2.05) is 25.3 Å². The third-order valence-electron chi connectivity index (χ3n) is 4.24. The molecule has 0 saturated carbocycles. The standard InChI is InChI=1S/C19H19F2N3S.C2H3NOS/c1-12(2)18-19(25-17-8-15(20)7-16(21)9-17)24(13(3)23-18)11-14-5-4-6-22-10-14;1-3-2(5)4-3/h4-10,12H,11H2,1-3H3;1H3. The van der Waals surface area contributed by atoms with Crippen molar-refractivity contribution in [2.24, 2.45) is 0 Å². The summed E-state index contributed by atoms with van der Waals surface area (Å²) in [6.45, 7) is 6.68. The molecule has 0 radical (unpaired) electrons. The average molecular weight is 449 g/mol. The highest BCUT2D eigenvalue weighted by Crippen LogP contribution is 2.35. The number of thiocarbonyl (C=S) groups is 1. The highest BCUT2D eigenvalue weighted by Gasteiger charge is 2.22. The van der Waals surface area contributed by atoms with Crippen LogP contribution >= 0.6 is 24.0 Å². The molecule has 0 unspecified atom stereocenters. The molecule has 1 aliphatic rings. The van der Waals surface area contributed by atoms with Crippen molar-refractivity contribution < 1.29 is 13.6 Å². The summed E-state index contributed by atoms with van der Waals surface area (Å²) in [4.78, 5) is 13.8. The Morgan fingerprint density at radius 1 is 1.20 bits per heavy atom. The highest BCUT2D eigenvalue weighted by molar-refractivity contribution is 7.99. The first-order chi connectivity index (χ1) is 14.2. The van der Waals surface area contributed by atoms with Gasteiger partial charge >= 0.3 is 5.17 Å². The lowest BCUT2D eigenvalue weighted by atomic mass is 10.1. The van der Waals surface area contributed by atoms with Gasteiger partial charge < -0.3 is 9.40 Å². The summed E-state index contributed by atoms with van der Waals surface area (Å²) in [7, 11) is 1.77. The van der Waals surface area contributed by atoms with Gasteiger partial charge in [0.25, 0.3) is 0 Å². The van der Waals surface area contributed by atoms with Crippen molar-refractivity contribution in [2.75, 3.05) is 7.05 Å². The summed E-state index contributed by atoms with van der Waals surface area (Å²) in [5.74, 6) is -0.0889. The second-order valence-corrected chi connectivity index (χ2v) is 8.42. The van der Waals surface area contributed by atoms with Crippen LogP contribution in [0, 0.1) is 18.6 Å². The third-order valence-corrected chi connectivity index (χ3v) is 5.66. The first kappa shape index (κ1) is 22.2. The summed E-state index contributed by atoms with van der Waals surface area (Å²) in [6.07, 6.45) is 3.54. The van der Waals surface area contributed by atoms with E-state index in [0.29, 0.717) is 16.6 Å². The van der Waals surface area contributed by atoms with E-state index in [4.69, 9.17) is 0 Å². The number of hydroxylamine groups is 2. The maximum Gasteiger partial charge on any atom is 0.322 e. The fraction of sp³-hybridized carbons (Fsp3) is 0.286. The van der Waals surface area contributed by atoms with E-state index in [9.17, 15) is 8.78 Å². The minimum atomic E-state index is -0.580. The van der Waals surface area contributed by atoms with Gasteiger partial charge in [-0.05, 0) is 48.8 Å². The van der Waals surface area contributed by atoms with Crippen molar-refractivity contribution in [1.82, 2.24) is 19.6 Å². The van der Waals surface area contributed by atoms with Gasteiger partial charge in [-0.2, -0.15) is 5.06 Å². The lowest BCUT2D eigenvalue weighted by Crippen LogP contribution is -2.04. The molecule has 0 amide bonds. The Morgan fingerprint density at radius 3 is 2.33 bits per heavy atom. The molecule has 5 nitrogen and oxygen atoms in total. The minimum Gasteiger partial charge on any atom is -0.342 e. The van der Waals surface area contributed by atoms with E-state index in [1.165, 1.54) is 29.0 Å². The molecule has 1 fully saturated rings. The van der Waals surface area contributed by atoms with E-state index < -0.39 is 11.6 Å². The number of nitrogens with zero attached hydrogens (tertiary/aromatic N) is 4. The van der Waals surface area contributed by atoms with Gasteiger partial charge in [0.05, 0.1) is 12.2 Å². The first-order valence-electron chi connectivity index (χ1n) is 9.30. The molecule has 9 heteroatoms. The topological polar surface area (TPSA) is 46.2 Å². The summed E-state index contributed by atoms with van der Waals surface area (Å²) in [6, 6.07) is 7.45. The monoisotopic (exact) mass is 448 g/mol. The molecule has 0 spiro atoms. The molecule has 2 aromatic heterocycles. The summed E-state index contributed by atoms with van der Waals surface area (Å²) < 4.78 is 29.2. The quantitative estimate of drug-likeness (QED) is 0.388. The van der Waals surface area contributed by atoms with Crippen molar-refractivity contribution in [3.63, 3.8) is 0 Å². The Labute approximate surface area is 184 Å².